The highest BCUT2D eigenvalue weighted by Crippen LogP contribution is 2.22. The van der Waals surface area contributed by atoms with E-state index in [4.69, 9.17) is 4.74 Å². The van der Waals surface area contributed by atoms with Crippen LogP contribution in [0.2, 0.25) is 0 Å². The maximum atomic E-state index is 11.7. The number of carbonyl (C=O) groups is 2. The first-order valence-corrected chi connectivity index (χ1v) is 9.32. The second kappa shape index (κ2) is 8.24. The summed E-state index contributed by atoms with van der Waals surface area (Å²) in [6, 6.07) is 8.27. The molecular weight excluding hydrogens is 324 g/mol. The minimum Gasteiger partial charge on any atom is -0.456 e. The Kier molecular flexibility index (Phi) is 5.80. The molecule has 1 aromatic carbocycles. The average Bonchev–Trinajstić information content (AvgIpc) is 3.21. The zero-order valence-electron chi connectivity index (χ0n) is 13.6. The van der Waals surface area contributed by atoms with Gasteiger partial charge in [0.15, 0.2) is 6.61 Å². The topological polar surface area (TPSA) is 68.3 Å². The molecular formula is C18H22N2O3S. The SMILES string of the molecule is O=C(COC(=O)CCCc1nc2ccccc2s1)NC1CCCC1. The second-order valence-corrected chi connectivity index (χ2v) is 7.25. The van der Waals surface area contributed by atoms with E-state index in [9.17, 15) is 9.59 Å². The summed E-state index contributed by atoms with van der Waals surface area (Å²) in [5.74, 6) is -0.515. The number of nitrogens with zero attached hydrogens (tertiary/aromatic N) is 1. The van der Waals surface area contributed by atoms with Gasteiger partial charge >= 0.3 is 5.97 Å². The molecule has 0 radical (unpaired) electrons. The molecule has 5 nitrogen and oxygen atoms in total. The molecule has 0 aliphatic heterocycles. The van der Waals surface area contributed by atoms with Crippen LogP contribution in [0.3, 0.4) is 0 Å². The van der Waals surface area contributed by atoms with Gasteiger partial charge in [-0.25, -0.2) is 4.98 Å². The Labute approximate surface area is 145 Å². The number of ether oxygens (including phenoxy) is 1. The monoisotopic (exact) mass is 346 g/mol. The average molecular weight is 346 g/mol. The summed E-state index contributed by atoms with van der Waals surface area (Å²) in [4.78, 5) is 28.0. The summed E-state index contributed by atoms with van der Waals surface area (Å²) in [5, 5.41) is 3.94. The van der Waals surface area contributed by atoms with Gasteiger partial charge in [-0.05, 0) is 37.8 Å². The number of carbonyl (C=O) groups excluding carboxylic acids is 2. The van der Waals surface area contributed by atoms with Gasteiger partial charge < -0.3 is 10.1 Å². The molecule has 3 rings (SSSR count). The van der Waals surface area contributed by atoms with Gasteiger partial charge in [-0.15, -0.1) is 11.3 Å². The number of amides is 1. The highest BCUT2D eigenvalue weighted by molar-refractivity contribution is 7.18. The van der Waals surface area contributed by atoms with Crippen LogP contribution in [0, 0.1) is 0 Å². The Bertz CT molecular complexity index is 674. The molecule has 0 saturated heterocycles. The van der Waals surface area contributed by atoms with Crippen LogP contribution in [0.5, 0.6) is 0 Å². The highest BCUT2D eigenvalue weighted by atomic mass is 32.1. The minimum absolute atomic E-state index is 0.170. The molecule has 1 N–H and O–H groups in total. The fraction of sp³-hybridized carbons (Fsp3) is 0.500. The molecule has 1 saturated carbocycles. The summed E-state index contributed by atoms with van der Waals surface area (Å²) >= 11 is 1.66. The minimum atomic E-state index is -0.322. The molecule has 1 heterocycles. The van der Waals surface area contributed by atoms with Crippen molar-refractivity contribution in [3.8, 4) is 0 Å². The summed E-state index contributed by atoms with van der Waals surface area (Å²) in [6.07, 6.45) is 6.13. The van der Waals surface area contributed by atoms with Gasteiger partial charge in [0.1, 0.15) is 0 Å². The fourth-order valence-electron chi connectivity index (χ4n) is 2.97. The molecule has 24 heavy (non-hydrogen) atoms. The summed E-state index contributed by atoms with van der Waals surface area (Å²) in [6.45, 7) is -0.170. The number of thiazole rings is 1. The number of hydrogen-bond donors (Lipinski definition) is 1. The number of esters is 1. The van der Waals surface area contributed by atoms with Gasteiger partial charge in [-0.3, -0.25) is 9.59 Å². The van der Waals surface area contributed by atoms with Crippen molar-refractivity contribution in [2.24, 2.45) is 0 Å². The van der Waals surface area contributed by atoms with Gasteiger partial charge in [0, 0.05) is 12.5 Å². The third-order valence-electron chi connectivity index (χ3n) is 4.19. The maximum absolute atomic E-state index is 11.7. The van der Waals surface area contributed by atoms with E-state index in [2.05, 4.69) is 10.3 Å². The van der Waals surface area contributed by atoms with Crippen molar-refractivity contribution in [3.63, 3.8) is 0 Å². The molecule has 0 atom stereocenters. The summed E-state index contributed by atoms with van der Waals surface area (Å²) < 4.78 is 6.21. The normalized spacial score (nSPS) is 14.8. The van der Waals surface area contributed by atoms with Gasteiger partial charge in [-0.2, -0.15) is 0 Å². The lowest BCUT2D eigenvalue weighted by Crippen LogP contribution is -2.35. The van der Waals surface area contributed by atoms with E-state index < -0.39 is 0 Å². The van der Waals surface area contributed by atoms with E-state index in [1.54, 1.807) is 11.3 Å². The van der Waals surface area contributed by atoms with Crippen molar-refractivity contribution >= 4 is 33.4 Å². The van der Waals surface area contributed by atoms with Crippen LogP contribution in [0.15, 0.2) is 24.3 Å². The molecule has 1 aliphatic carbocycles. The second-order valence-electron chi connectivity index (χ2n) is 6.14. The molecule has 6 heteroatoms. The predicted octanol–water partition coefficient (Wildman–Crippen LogP) is 3.22. The van der Waals surface area contributed by atoms with Gasteiger partial charge in [0.25, 0.3) is 5.91 Å². The van der Waals surface area contributed by atoms with Crippen molar-refractivity contribution in [2.75, 3.05) is 6.61 Å². The molecule has 2 aromatic rings. The zero-order valence-corrected chi connectivity index (χ0v) is 14.4. The zero-order chi connectivity index (χ0) is 16.8. The van der Waals surface area contributed by atoms with E-state index >= 15 is 0 Å². The van der Waals surface area contributed by atoms with Gasteiger partial charge in [0.05, 0.1) is 15.2 Å². The molecule has 0 bridgehead atoms. The molecule has 0 spiro atoms. The number of para-hydroxylation sites is 1. The van der Waals surface area contributed by atoms with E-state index in [0.29, 0.717) is 12.8 Å². The third kappa shape index (κ3) is 4.77. The highest BCUT2D eigenvalue weighted by Gasteiger charge is 2.17. The van der Waals surface area contributed by atoms with E-state index in [1.165, 1.54) is 4.70 Å². The Morgan fingerprint density at radius 1 is 1.25 bits per heavy atom. The van der Waals surface area contributed by atoms with Gasteiger partial charge in [0.2, 0.25) is 0 Å². The van der Waals surface area contributed by atoms with Gasteiger partial charge in [-0.1, -0.05) is 25.0 Å². The van der Waals surface area contributed by atoms with Crippen LogP contribution >= 0.6 is 11.3 Å². The van der Waals surface area contributed by atoms with Crippen LogP contribution in [0.25, 0.3) is 10.2 Å². The van der Waals surface area contributed by atoms with E-state index in [1.807, 2.05) is 24.3 Å². The van der Waals surface area contributed by atoms with Crippen LogP contribution in [-0.4, -0.2) is 29.5 Å². The number of aromatic nitrogens is 1. The molecule has 1 fully saturated rings. The predicted molar refractivity (Wildman–Crippen MR) is 93.9 cm³/mol. The Morgan fingerprint density at radius 3 is 2.83 bits per heavy atom. The first-order valence-electron chi connectivity index (χ1n) is 8.50. The fourth-order valence-corrected chi connectivity index (χ4v) is 3.98. The summed E-state index contributed by atoms with van der Waals surface area (Å²) in [7, 11) is 0. The lowest BCUT2D eigenvalue weighted by molar-refractivity contribution is -0.148. The van der Waals surface area contributed by atoms with Crippen LogP contribution in [0.4, 0.5) is 0 Å². The lowest BCUT2D eigenvalue weighted by atomic mass is 10.2. The quantitative estimate of drug-likeness (QED) is 0.782. The molecule has 1 aromatic heterocycles. The molecule has 1 amide bonds. The Hall–Kier alpha value is -1.95. The Morgan fingerprint density at radius 2 is 2.04 bits per heavy atom. The van der Waals surface area contributed by atoms with Crippen LogP contribution in [0.1, 0.15) is 43.5 Å². The maximum Gasteiger partial charge on any atom is 0.306 e. The first-order chi connectivity index (χ1) is 11.7. The molecule has 1 aliphatic rings. The standard InChI is InChI=1S/C18H22N2O3S/c21-16(19-13-6-1-2-7-13)12-23-18(22)11-5-10-17-20-14-8-3-4-9-15(14)24-17/h3-4,8-9,13H,1-2,5-7,10-12H2,(H,19,21). The molecule has 128 valence electrons. The number of aryl methyl sites for hydroxylation is 1. The third-order valence-corrected chi connectivity index (χ3v) is 5.29. The first kappa shape index (κ1) is 16.9. The lowest BCUT2D eigenvalue weighted by Gasteiger charge is -2.11. The van der Waals surface area contributed by atoms with Crippen molar-refractivity contribution in [3.05, 3.63) is 29.3 Å². The van der Waals surface area contributed by atoms with Crippen molar-refractivity contribution in [1.29, 1.82) is 0 Å². The van der Waals surface area contributed by atoms with E-state index in [-0.39, 0.29) is 24.5 Å². The number of hydrogen-bond acceptors (Lipinski definition) is 5. The van der Waals surface area contributed by atoms with Crippen LogP contribution in [-0.2, 0) is 20.7 Å². The van der Waals surface area contributed by atoms with Crippen molar-refractivity contribution < 1.29 is 14.3 Å². The summed E-state index contributed by atoms with van der Waals surface area (Å²) in [5.41, 5.74) is 1.00. The Balaban J connectivity index is 1.34. The molecule has 0 unspecified atom stereocenters. The number of rotatable bonds is 7. The largest absolute Gasteiger partial charge is 0.456 e. The smallest absolute Gasteiger partial charge is 0.306 e. The van der Waals surface area contributed by atoms with Crippen molar-refractivity contribution in [1.82, 2.24) is 10.3 Å². The number of benzene rings is 1. The number of fused-ring (bicyclic) bond motifs is 1. The number of nitrogens with one attached hydrogen (secondary N) is 1. The van der Waals surface area contributed by atoms with Crippen LogP contribution < -0.4 is 5.32 Å². The van der Waals surface area contributed by atoms with Crippen molar-refractivity contribution in [2.45, 2.75) is 51.0 Å². The van der Waals surface area contributed by atoms with E-state index in [0.717, 1.165) is 42.6 Å².